The summed E-state index contributed by atoms with van der Waals surface area (Å²) in [6, 6.07) is -3.76. The molecule has 22 N–H and O–H groups in total. The maximum Gasteiger partial charge on any atom is 0.397 e. The predicted octanol–water partition coefficient (Wildman–Crippen LogP) is -14.6. The molecule has 6 aliphatic rings. The van der Waals surface area contributed by atoms with Gasteiger partial charge in [-0.2, -0.15) is 16.8 Å². The van der Waals surface area contributed by atoms with Gasteiger partial charge >= 0.3 is 20.8 Å². The van der Waals surface area contributed by atoms with Gasteiger partial charge in [0.2, 0.25) is 11.8 Å². The highest BCUT2D eigenvalue weighted by atomic mass is 32.3. The van der Waals surface area contributed by atoms with Crippen LogP contribution < -0.4 is 10.6 Å². The fraction of sp³-hybridized carbons (Fsp3) is 0.957. The summed E-state index contributed by atoms with van der Waals surface area (Å²) in [5.41, 5.74) is 0. The van der Waals surface area contributed by atoms with Crippen molar-refractivity contribution in [2.45, 2.75) is 236 Å². The minimum Gasteiger partial charge on any atom is -0.394 e. The Balaban J connectivity index is 1.50. The van der Waals surface area contributed by atoms with E-state index in [0.717, 1.165) is 20.8 Å². The molecule has 6 heterocycles. The molecule has 0 saturated carbocycles. The monoisotopic (exact) mass is 1360 g/mol. The summed E-state index contributed by atoms with van der Waals surface area (Å²) >= 11 is 0. The van der Waals surface area contributed by atoms with Crippen molar-refractivity contribution in [2.24, 2.45) is 0 Å². The molecule has 526 valence electrons. The van der Waals surface area contributed by atoms with E-state index in [2.05, 4.69) is 19.0 Å². The quantitative estimate of drug-likeness (QED) is 0.0340. The van der Waals surface area contributed by atoms with Crippen LogP contribution in [0.3, 0.4) is 0 Å². The summed E-state index contributed by atoms with van der Waals surface area (Å²) in [6.45, 7) is -3.35. The summed E-state index contributed by atoms with van der Waals surface area (Å²) in [4.78, 5) is 25.0. The molecule has 0 unspecified atom stereocenters. The minimum atomic E-state index is -5.62. The first-order valence-electron chi connectivity index (χ1n) is 27.6. The molecular formula is C46H80N2O40S2. The first-order valence-corrected chi connectivity index (χ1v) is 30.3. The van der Waals surface area contributed by atoms with Gasteiger partial charge in [-0.15, -0.1) is 0 Å². The van der Waals surface area contributed by atoms with Crippen molar-refractivity contribution in [1.29, 1.82) is 0 Å². The van der Waals surface area contributed by atoms with Crippen molar-refractivity contribution >= 4 is 32.6 Å². The highest BCUT2D eigenvalue weighted by Crippen LogP contribution is 2.40. The summed E-state index contributed by atoms with van der Waals surface area (Å²) in [5, 5.41) is 203. The largest absolute Gasteiger partial charge is 0.397 e. The van der Waals surface area contributed by atoms with Crippen LogP contribution in [-0.4, -0.2) is 378 Å². The molecule has 34 atom stereocenters. The summed E-state index contributed by atoms with van der Waals surface area (Å²) < 4.78 is 145. The lowest BCUT2D eigenvalue weighted by molar-refractivity contribution is -0.419. The molecule has 0 aliphatic carbocycles. The Hall–Kier alpha value is -2.52. The van der Waals surface area contributed by atoms with E-state index in [9.17, 15) is 123 Å². The van der Waals surface area contributed by atoms with Crippen molar-refractivity contribution in [1.82, 2.24) is 10.6 Å². The van der Waals surface area contributed by atoms with Crippen molar-refractivity contribution in [3.63, 3.8) is 0 Å². The maximum absolute atomic E-state index is 12.8. The smallest absolute Gasteiger partial charge is 0.394 e. The third-order valence-corrected chi connectivity index (χ3v) is 16.2. The van der Waals surface area contributed by atoms with E-state index >= 15 is 0 Å². The van der Waals surface area contributed by atoms with Crippen LogP contribution in [-0.2, 0) is 95.6 Å². The van der Waals surface area contributed by atoms with Crippen molar-refractivity contribution < 1.29 is 193 Å². The second kappa shape index (κ2) is 32.5. The molecular weight excluding hydrogens is 1280 g/mol. The van der Waals surface area contributed by atoms with Crippen LogP contribution in [0.25, 0.3) is 0 Å². The second-order valence-corrected chi connectivity index (χ2v) is 24.0. The molecule has 44 heteroatoms. The lowest BCUT2D eigenvalue weighted by atomic mass is 9.94. The third-order valence-electron chi connectivity index (χ3n) is 15.3. The molecule has 2 amide bonds. The van der Waals surface area contributed by atoms with Crippen LogP contribution in [0.5, 0.6) is 0 Å². The lowest BCUT2D eigenvalue weighted by Gasteiger charge is -2.52. The Kier molecular flexibility index (Phi) is 27.6. The van der Waals surface area contributed by atoms with E-state index in [1.807, 2.05) is 0 Å². The third kappa shape index (κ3) is 18.5. The Labute approximate surface area is 510 Å². The van der Waals surface area contributed by atoms with E-state index in [-0.39, 0.29) is 0 Å². The molecule has 0 aromatic rings. The van der Waals surface area contributed by atoms with Gasteiger partial charge in [-0.05, 0) is 13.8 Å². The zero-order chi connectivity index (χ0) is 67.3. The highest BCUT2D eigenvalue weighted by Gasteiger charge is 2.60. The van der Waals surface area contributed by atoms with Gasteiger partial charge in [-0.1, -0.05) is 0 Å². The average Bonchev–Trinajstić information content (AvgIpc) is 0.781. The SMILES string of the molecule is CC(=O)N[C@H]1[C@H](OC[C@@H](O)[C@H](O)[C@H](O[C@@H]2O[C@H](CO)[C@H](O[C@@H]3O[C@H](CO)[C@H](O)[C@H](OS(=O)(=O)O)[C@H]3O)[C@H](O[C@@H]3O[C@H](CO)[C@H](O)[C@H](O)[C@H]3O[C@@H]3O[C@@H](C)[C@@H](O)[C@@H](O)[C@@H]3O)[C@H]2O[C@@H]2O[C@@H](C)[C@@H](O)[C@@H](O)[C@@H]2O)[C@H](CO)NC(C)=O)O[C@H](COS(=O)(=O)O)[C@@H](O)[C@@H]1O. The molecule has 0 bridgehead atoms. The number of rotatable bonds is 27. The first kappa shape index (κ1) is 76.5. The highest BCUT2D eigenvalue weighted by molar-refractivity contribution is 7.81. The van der Waals surface area contributed by atoms with Gasteiger partial charge in [-0.3, -0.25) is 18.7 Å². The summed E-state index contributed by atoms with van der Waals surface area (Å²) in [7, 11) is -10.8. The molecule has 6 fully saturated rings. The predicted molar refractivity (Wildman–Crippen MR) is 275 cm³/mol. The van der Waals surface area contributed by atoms with E-state index in [1.54, 1.807) is 0 Å². The van der Waals surface area contributed by atoms with E-state index in [4.69, 9.17) is 61.4 Å². The van der Waals surface area contributed by atoms with E-state index in [0.29, 0.717) is 0 Å². The van der Waals surface area contributed by atoms with Crippen LogP contribution in [0, 0.1) is 0 Å². The fourth-order valence-corrected chi connectivity index (χ4v) is 11.3. The van der Waals surface area contributed by atoms with Crippen molar-refractivity contribution in [3.05, 3.63) is 0 Å². The van der Waals surface area contributed by atoms with Gasteiger partial charge in [-0.25, -0.2) is 8.37 Å². The van der Waals surface area contributed by atoms with Gasteiger partial charge in [0.05, 0.1) is 57.9 Å². The second-order valence-electron chi connectivity index (χ2n) is 21.8. The molecule has 90 heavy (non-hydrogen) atoms. The molecule has 0 aromatic heterocycles. The standard InChI is InChI=1S/C46H80N2O40S2/c1-11-22(56)29(63)32(66)42(77-11)85-38-31(65)25(59)17(6-50)80-45(38)86-39-36(84-44-34(68)37(88-90(72,73)74)27(61)18(7-51)79-44)19(8-52)81-46(40(39)87-43-33(67)30(64)23(57)12(2)78-43)83-35(15(5-49)47-13(3)53)24(58)16(55)9-75-41-21(48-14(4)54)28(62)26(60)20(82-41)10-76-89(69,70)71/h11-12,15-46,49-52,55-68H,5-10H2,1-4H3,(H,47,53)(H,48,54)(H,69,70,71)(H,72,73,74)/t11-,12-,15-,16+,17+,18+,19+,20+,21+,22+,23+,24-,25-,26+,27-,28+,29+,30+,31-,32-,33-,34+,35+,36-,37-,38+,39-,40+,41+,42-,43-,44-,45-,46-/m0/s1. The first-order chi connectivity index (χ1) is 42.0. The van der Waals surface area contributed by atoms with Crippen LogP contribution in [0.1, 0.15) is 27.7 Å². The number of carbonyl (C=O) groups excluding carboxylic acids is 2. The summed E-state index contributed by atoms with van der Waals surface area (Å²) in [6.07, 6.45) is -70.5. The normalized spacial score (nSPS) is 44.4. The molecule has 6 saturated heterocycles. The average molecular weight is 1370 g/mol. The van der Waals surface area contributed by atoms with Gasteiger partial charge in [0.25, 0.3) is 0 Å². The number of ether oxygens (including phenoxy) is 12. The van der Waals surface area contributed by atoms with Crippen molar-refractivity contribution in [3.8, 4) is 0 Å². The topological polar surface area (TPSA) is 660 Å². The Bertz CT molecular complexity index is 2500. The van der Waals surface area contributed by atoms with Gasteiger partial charge in [0.1, 0.15) is 153 Å². The van der Waals surface area contributed by atoms with Gasteiger partial charge in [0.15, 0.2) is 37.7 Å². The van der Waals surface area contributed by atoms with Crippen molar-refractivity contribution in [2.75, 3.05) is 39.6 Å². The number of aliphatic hydroxyl groups is 18. The molecule has 6 rings (SSSR count). The van der Waals surface area contributed by atoms with Crippen LogP contribution in [0.4, 0.5) is 0 Å². The summed E-state index contributed by atoms with van der Waals surface area (Å²) in [5.74, 6) is -1.89. The Morgan fingerprint density at radius 2 is 0.956 bits per heavy atom. The zero-order valence-electron chi connectivity index (χ0n) is 47.8. The number of amides is 2. The van der Waals surface area contributed by atoms with E-state index < -0.39 is 281 Å². The fourth-order valence-electron chi connectivity index (χ4n) is 10.5. The van der Waals surface area contributed by atoms with Gasteiger partial charge < -0.3 is 159 Å². The Morgan fingerprint density at radius 1 is 0.478 bits per heavy atom. The van der Waals surface area contributed by atoms with Gasteiger partial charge in [0, 0.05) is 13.8 Å². The Morgan fingerprint density at radius 3 is 1.47 bits per heavy atom. The molecule has 0 aromatic carbocycles. The number of hydrogen-bond donors (Lipinski definition) is 22. The number of carbonyl (C=O) groups is 2. The zero-order valence-corrected chi connectivity index (χ0v) is 49.4. The number of nitrogens with one attached hydrogen (secondary N) is 2. The van der Waals surface area contributed by atoms with Crippen LogP contribution in [0.2, 0.25) is 0 Å². The number of aliphatic hydroxyl groups excluding tert-OH is 18. The molecule has 0 spiro atoms. The van der Waals surface area contributed by atoms with Crippen LogP contribution in [0.15, 0.2) is 0 Å². The minimum absolute atomic E-state index is 0.887. The van der Waals surface area contributed by atoms with E-state index in [1.165, 1.54) is 6.92 Å². The lowest BCUT2D eigenvalue weighted by Crippen LogP contribution is -2.70. The van der Waals surface area contributed by atoms with Crippen LogP contribution >= 0.6 is 0 Å². The molecule has 0 radical (unpaired) electrons. The number of hydrogen-bond acceptors (Lipinski definition) is 38. The molecule has 6 aliphatic heterocycles. The molecule has 42 nitrogen and oxygen atoms in total. The maximum atomic E-state index is 12.8.